The maximum Gasteiger partial charge on any atom is 0.488 e. The minimum Gasteiger partial charge on any atom is -0.489 e. The van der Waals surface area contributed by atoms with Crippen LogP contribution >= 0.6 is 0 Å². The highest BCUT2D eigenvalue weighted by Gasteiger charge is 2.11. The second kappa shape index (κ2) is 6.47. The third kappa shape index (κ3) is 4.25. The SMILES string of the molecule is CCC(C)=CCOc1ccc(B(O)O)cc1C. The van der Waals surface area contributed by atoms with Crippen molar-refractivity contribution in [3.8, 4) is 5.75 Å². The van der Waals surface area contributed by atoms with Gasteiger partial charge in [0.05, 0.1) is 0 Å². The molecule has 0 atom stereocenters. The molecule has 0 saturated heterocycles. The van der Waals surface area contributed by atoms with Crippen LogP contribution in [0.25, 0.3) is 0 Å². The first kappa shape index (κ1) is 13.8. The summed E-state index contributed by atoms with van der Waals surface area (Å²) in [7, 11) is -1.43. The lowest BCUT2D eigenvalue weighted by Crippen LogP contribution is -2.29. The van der Waals surface area contributed by atoms with Gasteiger partial charge >= 0.3 is 7.12 Å². The first-order chi connectivity index (χ1) is 8.04. The molecular weight excluding hydrogens is 215 g/mol. The highest BCUT2D eigenvalue weighted by atomic mass is 16.5. The van der Waals surface area contributed by atoms with Crippen molar-refractivity contribution in [3.63, 3.8) is 0 Å². The zero-order valence-corrected chi connectivity index (χ0v) is 10.6. The summed E-state index contributed by atoms with van der Waals surface area (Å²) in [5.74, 6) is 0.773. The van der Waals surface area contributed by atoms with Gasteiger partial charge in [-0.2, -0.15) is 0 Å². The number of ether oxygens (including phenoxy) is 1. The third-order valence-corrected chi connectivity index (χ3v) is 2.73. The molecule has 1 aromatic carbocycles. The standard InChI is InChI=1S/C13H19BO3/c1-4-10(2)7-8-17-13-6-5-12(14(15)16)9-11(13)3/h5-7,9,15-16H,4,8H2,1-3H3. The summed E-state index contributed by atoms with van der Waals surface area (Å²) in [4.78, 5) is 0. The van der Waals surface area contributed by atoms with Crippen molar-refractivity contribution >= 4 is 12.6 Å². The Morgan fingerprint density at radius 2 is 2.12 bits per heavy atom. The molecule has 17 heavy (non-hydrogen) atoms. The van der Waals surface area contributed by atoms with E-state index in [-0.39, 0.29) is 0 Å². The van der Waals surface area contributed by atoms with Crippen molar-refractivity contribution in [2.45, 2.75) is 27.2 Å². The lowest BCUT2D eigenvalue weighted by Gasteiger charge is -2.09. The fraction of sp³-hybridized carbons (Fsp3) is 0.385. The molecule has 4 heteroatoms. The van der Waals surface area contributed by atoms with Gasteiger partial charge in [0.2, 0.25) is 0 Å². The second-order valence-electron chi connectivity index (χ2n) is 4.11. The number of allylic oxidation sites excluding steroid dienone is 1. The smallest absolute Gasteiger partial charge is 0.488 e. The van der Waals surface area contributed by atoms with E-state index in [0.717, 1.165) is 17.7 Å². The van der Waals surface area contributed by atoms with E-state index in [1.807, 2.05) is 13.0 Å². The van der Waals surface area contributed by atoms with Crippen LogP contribution in [0.15, 0.2) is 29.8 Å². The average Bonchev–Trinajstić information content (AvgIpc) is 2.30. The fourth-order valence-electron chi connectivity index (χ4n) is 1.41. The minimum atomic E-state index is -1.43. The summed E-state index contributed by atoms with van der Waals surface area (Å²) in [5, 5.41) is 18.1. The maximum absolute atomic E-state index is 9.03. The van der Waals surface area contributed by atoms with Gasteiger partial charge in [0, 0.05) is 0 Å². The van der Waals surface area contributed by atoms with Crippen molar-refractivity contribution in [1.82, 2.24) is 0 Å². The van der Waals surface area contributed by atoms with E-state index in [9.17, 15) is 0 Å². The van der Waals surface area contributed by atoms with Crippen LogP contribution in [0.3, 0.4) is 0 Å². The van der Waals surface area contributed by atoms with Crippen molar-refractivity contribution in [2.75, 3.05) is 6.61 Å². The fourth-order valence-corrected chi connectivity index (χ4v) is 1.41. The van der Waals surface area contributed by atoms with Crippen molar-refractivity contribution in [2.24, 2.45) is 0 Å². The molecule has 0 aliphatic carbocycles. The second-order valence-corrected chi connectivity index (χ2v) is 4.11. The predicted molar refractivity (Wildman–Crippen MR) is 70.5 cm³/mol. The molecule has 0 aromatic heterocycles. The number of hydrogen-bond acceptors (Lipinski definition) is 3. The Kier molecular flexibility index (Phi) is 5.26. The molecule has 0 unspecified atom stereocenters. The molecule has 1 aromatic rings. The Bertz CT molecular complexity index is 400. The normalized spacial score (nSPS) is 11.5. The molecule has 1 rings (SSSR count). The Morgan fingerprint density at radius 3 is 2.65 bits per heavy atom. The van der Waals surface area contributed by atoms with Crippen LogP contribution in [0.5, 0.6) is 5.75 Å². The molecule has 92 valence electrons. The average molecular weight is 234 g/mol. The quantitative estimate of drug-likeness (QED) is 0.598. The number of benzene rings is 1. The highest BCUT2D eigenvalue weighted by Crippen LogP contribution is 2.15. The molecule has 0 fully saturated rings. The molecule has 0 saturated carbocycles. The zero-order chi connectivity index (χ0) is 12.8. The summed E-state index contributed by atoms with van der Waals surface area (Å²) >= 11 is 0. The van der Waals surface area contributed by atoms with Gasteiger partial charge in [0.25, 0.3) is 0 Å². The molecule has 0 bridgehead atoms. The van der Waals surface area contributed by atoms with Crippen LogP contribution in [-0.2, 0) is 0 Å². The molecule has 0 aliphatic rings. The van der Waals surface area contributed by atoms with Gasteiger partial charge < -0.3 is 14.8 Å². The van der Waals surface area contributed by atoms with Crippen molar-refractivity contribution in [3.05, 3.63) is 35.4 Å². The van der Waals surface area contributed by atoms with Gasteiger partial charge in [-0.1, -0.05) is 24.6 Å². The minimum absolute atomic E-state index is 0.482. The van der Waals surface area contributed by atoms with Gasteiger partial charge in [-0.15, -0.1) is 0 Å². The van der Waals surface area contributed by atoms with Gasteiger partial charge in [-0.3, -0.25) is 0 Å². The first-order valence-corrected chi connectivity index (χ1v) is 5.79. The number of hydrogen-bond donors (Lipinski definition) is 2. The predicted octanol–water partition coefficient (Wildman–Crippen LogP) is 1.41. The zero-order valence-electron chi connectivity index (χ0n) is 10.6. The molecule has 3 nitrogen and oxygen atoms in total. The van der Waals surface area contributed by atoms with E-state index in [0.29, 0.717) is 12.1 Å². The van der Waals surface area contributed by atoms with Crippen LogP contribution in [0.4, 0.5) is 0 Å². The molecule has 2 N–H and O–H groups in total. The molecule has 0 heterocycles. The Morgan fingerprint density at radius 1 is 1.41 bits per heavy atom. The number of rotatable bonds is 5. The summed E-state index contributed by atoms with van der Waals surface area (Å²) in [6.45, 7) is 6.61. The van der Waals surface area contributed by atoms with Crippen LogP contribution in [0, 0.1) is 6.92 Å². The maximum atomic E-state index is 9.03. The number of aryl methyl sites for hydroxylation is 1. The largest absolute Gasteiger partial charge is 0.489 e. The van der Waals surface area contributed by atoms with Crippen molar-refractivity contribution < 1.29 is 14.8 Å². The summed E-state index contributed by atoms with van der Waals surface area (Å²) in [6, 6.07) is 5.14. The lowest BCUT2D eigenvalue weighted by atomic mass is 9.79. The molecule has 0 radical (unpaired) electrons. The van der Waals surface area contributed by atoms with Gasteiger partial charge in [-0.25, -0.2) is 0 Å². The van der Waals surface area contributed by atoms with Crippen LogP contribution < -0.4 is 10.2 Å². The van der Waals surface area contributed by atoms with E-state index in [2.05, 4.69) is 13.8 Å². The summed E-state index contributed by atoms with van der Waals surface area (Å²) in [5.41, 5.74) is 2.68. The van der Waals surface area contributed by atoms with Gasteiger partial charge in [0.1, 0.15) is 12.4 Å². The Balaban J connectivity index is 2.67. The highest BCUT2D eigenvalue weighted by molar-refractivity contribution is 6.58. The Labute approximate surface area is 103 Å². The van der Waals surface area contributed by atoms with Crippen molar-refractivity contribution in [1.29, 1.82) is 0 Å². The van der Waals surface area contributed by atoms with E-state index < -0.39 is 7.12 Å². The molecule has 0 amide bonds. The molecular formula is C13H19BO3. The van der Waals surface area contributed by atoms with Crippen LogP contribution in [-0.4, -0.2) is 23.8 Å². The van der Waals surface area contributed by atoms with E-state index in [1.54, 1.807) is 18.2 Å². The lowest BCUT2D eigenvalue weighted by molar-refractivity contribution is 0.359. The monoisotopic (exact) mass is 234 g/mol. The van der Waals surface area contributed by atoms with Gasteiger partial charge in [-0.05, 0) is 43.4 Å². The molecule has 0 spiro atoms. The summed E-state index contributed by atoms with van der Waals surface area (Å²) in [6.07, 6.45) is 3.08. The van der Waals surface area contributed by atoms with Crippen LogP contribution in [0.2, 0.25) is 0 Å². The van der Waals surface area contributed by atoms with E-state index >= 15 is 0 Å². The van der Waals surface area contributed by atoms with E-state index in [1.165, 1.54) is 5.57 Å². The summed E-state index contributed by atoms with van der Waals surface area (Å²) < 4.78 is 5.60. The third-order valence-electron chi connectivity index (χ3n) is 2.73. The first-order valence-electron chi connectivity index (χ1n) is 5.79. The topological polar surface area (TPSA) is 49.7 Å². The van der Waals surface area contributed by atoms with E-state index in [4.69, 9.17) is 14.8 Å². The van der Waals surface area contributed by atoms with Crippen LogP contribution in [0.1, 0.15) is 25.8 Å². The molecule has 0 aliphatic heterocycles. The Hall–Kier alpha value is -1.26. The van der Waals surface area contributed by atoms with Gasteiger partial charge in [0.15, 0.2) is 0 Å².